The number of rotatable bonds is 6. The number of alkyl halides is 3. The summed E-state index contributed by atoms with van der Waals surface area (Å²) < 4.78 is 54.1. The Hall–Kier alpha value is -2.65. The first-order valence-electron chi connectivity index (χ1n) is 12.9. The number of likely N-dealkylation sites (tertiary alicyclic amines) is 1. The third-order valence-corrected chi connectivity index (χ3v) is 7.15. The topological polar surface area (TPSA) is 56.1 Å². The smallest absolute Gasteiger partial charge is 0.416 e. The molecule has 6 nitrogen and oxygen atoms in total. The van der Waals surface area contributed by atoms with Gasteiger partial charge in [-0.3, -0.25) is 4.79 Å². The highest BCUT2D eigenvalue weighted by Gasteiger charge is 2.32. The fourth-order valence-corrected chi connectivity index (χ4v) is 4.78. The molecule has 1 aromatic carbocycles. The molecule has 202 valence electrons. The molecule has 0 saturated carbocycles. The lowest BCUT2D eigenvalue weighted by Crippen LogP contribution is -2.31. The van der Waals surface area contributed by atoms with Crippen LogP contribution in [0.2, 0.25) is 0 Å². The van der Waals surface area contributed by atoms with Crippen molar-refractivity contribution < 1.29 is 27.4 Å². The summed E-state index contributed by atoms with van der Waals surface area (Å²) >= 11 is 0. The zero-order valence-corrected chi connectivity index (χ0v) is 22.0. The molecular weight excluding hydrogens is 483 g/mol. The summed E-state index contributed by atoms with van der Waals surface area (Å²) in [4.78, 5) is 19.8. The van der Waals surface area contributed by atoms with E-state index in [4.69, 9.17) is 9.47 Å². The fourth-order valence-electron chi connectivity index (χ4n) is 4.78. The second kappa shape index (κ2) is 11.0. The zero-order chi connectivity index (χ0) is 26.8. The van der Waals surface area contributed by atoms with Crippen LogP contribution < -0.4 is 10.2 Å². The van der Waals surface area contributed by atoms with Gasteiger partial charge in [-0.15, -0.1) is 0 Å². The Balaban J connectivity index is 1.71. The molecule has 0 spiro atoms. The van der Waals surface area contributed by atoms with E-state index < -0.39 is 17.6 Å². The minimum absolute atomic E-state index is 0.000114. The lowest BCUT2D eigenvalue weighted by atomic mass is 9.88. The maximum Gasteiger partial charge on any atom is 0.416 e. The van der Waals surface area contributed by atoms with Crippen LogP contribution in [0.3, 0.4) is 0 Å². The van der Waals surface area contributed by atoms with E-state index in [0.717, 1.165) is 49.9 Å². The number of aromatic nitrogens is 1. The highest BCUT2D eigenvalue weighted by atomic mass is 19.4. The number of amides is 1. The predicted octanol–water partition coefficient (Wildman–Crippen LogP) is 5.20. The number of carbonyl (C=O) groups excluding carboxylic acids is 1. The summed E-state index contributed by atoms with van der Waals surface area (Å²) in [6.07, 6.45) is 1.21. The van der Waals surface area contributed by atoms with Crippen molar-refractivity contribution >= 4 is 5.91 Å². The minimum atomic E-state index is -4.59. The van der Waals surface area contributed by atoms with Gasteiger partial charge in [0.05, 0.1) is 23.8 Å². The molecule has 0 aliphatic carbocycles. The highest BCUT2D eigenvalue weighted by molar-refractivity contribution is 5.97. The van der Waals surface area contributed by atoms with Gasteiger partial charge in [-0.05, 0) is 74.5 Å². The molecule has 2 saturated heterocycles. The Labute approximate surface area is 216 Å². The van der Waals surface area contributed by atoms with Gasteiger partial charge in [0.15, 0.2) is 0 Å². The van der Waals surface area contributed by atoms with Crippen LogP contribution in [0.25, 0.3) is 0 Å². The van der Waals surface area contributed by atoms with Gasteiger partial charge < -0.3 is 18.9 Å². The molecule has 2 aliphatic heterocycles. The number of ether oxygens (including phenoxy) is 2. The predicted molar refractivity (Wildman–Crippen MR) is 135 cm³/mol. The molecule has 1 amide bonds. The zero-order valence-electron chi connectivity index (χ0n) is 22.0. The first-order valence-corrected chi connectivity index (χ1v) is 12.9. The minimum Gasteiger partial charge on any atom is -0.491 e. The molecule has 0 radical (unpaired) electrons. The van der Waals surface area contributed by atoms with Gasteiger partial charge in [0.1, 0.15) is 17.8 Å². The molecule has 2 atom stereocenters. The number of hydrogen-bond acceptors (Lipinski definition) is 4. The Morgan fingerprint density at radius 2 is 1.86 bits per heavy atom. The second-order valence-electron chi connectivity index (χ2n) is 11.0. The third-order valence-electron chi connectivity index (χ3n) is 7.15. The molecular formula is C28H36F3N3O3. The number of benzene rings is 1. The number of pyridine rings is 1. The van der Waals surface area contributed by atoms with E-state index in [1.165, 1.54) is 6.07 Å². The van der Waals surface area contributed by atoms with Crippen molar-refractivity contribution in [3.8, 4) is 5.75 Å². The van der Waals surface area contributed by atoms with E-state index >= 15 is 0 Å². The summed E-state index contributed by atoms with van der Waals surface area (Å²) in [5.74, 6) is -0.662. The lowest BCUT2D eigenvalue weighted by Gasteiger charge is -2.22. The average Bonchev–Trinajstić information content (AvgIpc) is 3.49. The summed E-state index contributed by atoms with van der Waals surface area (Å²) in [5.41, 5.74) is 0.190. The van der Waals surface area contributed by atoms with Crippen LogP contribution in [-0.4, -0.2) is 54.3 Å². The van der Waals surface area contributed by atoms with Crippen molar-refractivity contribution in [3.05, 3.63) is 58.7 Å². The number of halogens is 3. The van der Waals surface area contributed by atoms with Crippen LogP contribution in [0.1, 0.15) is 67.9 Å². The largest absolute Gasteiger partial charge is 0.491 e. The van der Waals surface area contributed by atoms with Crippen molar-refractivity contribution in [2.24, 2.45) is 4.99 Å². The quantitative estimate of drug-likeness (QED) is 0.527. The lowest BCUT2D eigenvalue weighted by molar-refractivity contribution is -0.137. The fraction of sp³-hybridized carbons (Fsp3) is 0.571. The van der Waals surface area contributed by atoms with Gasteiger partial charge in [0.2, 0.25) is 0 Å². The van der Waals surface area contributed by atoms with Gasteiger partial charge in [-0.2, -0.15) is 18.2 Å². The Bertz CT molecular complexity index is 1180. The Kier molecular flexibility index (Phi) is 8.14. The Morgan fingerprint density at radius 1 is 1.11 bits per heavy atom. The summed E-state index contributed by atoms with van der Waals surface area (Å²) in [7, 11) is 1.99. The van der Waals surface area contributed by atoms with Crippen LogP contribution in [0, 0.1) is 0 Å². The number of nitrogens with zero attached hydrogens (tertiary/aromatic N) is 3. The second-order valence-corrected chi connectivity index (χ2v) is 11.0. The molecule has 4 rings (SSSR count). The van der Waals surface area contributed by atoms with E-state index in [0.29, 0.717) is 25.2 Å². The molecule has 2 aromatic rings. The standard InChI is InChI=1S/C28H36F3N3O3/c1-27(2,3)20-10-12-25(34(16-20)17-22-8-6-14-36-22)32-26(35)23-15-19(28(29,30)31)9-11-24(23)37-18-21-7-5-13-33(21)4/h9-12,15-16,21-22H,5-8,13-14,17-18H2,1-4H3/t21?,22-/m1/s1. The van der Waals surface area contributed by atoms with Crippen LogP contribution >= 0.6 is 0 Å². The molecule has 2 fully saturated rings. The van der Waals surface area contributed by atoms with Gasteiger partial charge in [0.25, 0.3) is 5.91 Å². The van der Waals surface area contributed by atoms with Gasteiger partial charge in [0, 0.05) is 18.8 Å². The highest BCUT2D eigenvalue weighted by Crippen LogP contribution is 2.33. The summed E-state index contributed by atoms with van der Waals surface area (Å²) in [6, 6.07) is 6.81. The maximum absolute atomic E-state index is 13.5. The summed E-state index contributed by atoms with van der Waals surface area (Å²) in [6.45, 7) is 8.71. The normalized spacial score (nSPS) is 21.5. The number of carbonyl (C=O) groups is 1. The molecule has 37 heavy (non-hydrogen) atoms. The van der Waals surface area contributed by atoms with E-state index in [1.807, 2.05) is 23.9 Å². The van der Waals surface area contributed by atoms with Crippen LogP contribution in [0.4, 0.5) is 13.2 Å². The van der Waals surface area contributed by atoms with Crippen molar-refractivity contribution in [2.45, 2.75) is 76.7 Å². The van der Waals surface area contributed by atoms with Crippen molar-refractivity contribution in [1.82, 2.24) is 9.47 Å². The third kappa shape index (κ3) is 6.82. The number of likely N-dealkylation sites (N-methyl/N-ethyl adjacent to an activating group) is 1. The first-order chi connectivity index (χ1) is 17.4. The number of hydrogen-bond donors (Lipinski definition) is 0. The van der Waals surface area contributed by atoms with Crippen molar-refractivity contribution in [3.63, 3.8) is 0 Å². The van der Waals surface area contributed by atoms with E-state index in [2.05, 4.69) is 30.7 Å². The maximum atomic E-state index is 13.5. The molecule has 3 heterocycles. The molecule has 1 aromatic heterocycles. The van der Waals surface area contributed by atoms with Crippen LogP contribution in [0.15, 0.2) is 41.5 Å². The first kappa shape index (κ1) is 27.4. The Morgan fingerprint density at radius 3 is 2.49 bits per heavy atom. The summed E-state index contributed by atoms with van der Waals surface area (Å²) in [5, 5.41) is 0. The van der Waals surface area contributed by atoms with E-state index in [-0.39, 0.29) is 28.9 Å². The van der Waals surface area contributed by atoms with Gasteiger partial charge in [-0.1, -0.05) is 26.8 Å². The van der Waals surface area contributed by atoms with Crippen molar-refractivity contribution in [1.29, 1.82) is 0 Å². The molecule has 9 heteroatoms. The molecule has 0 N–H and O–H groups in total. The van der Waals surface area contributed by atoms with Crippen molar-refractivity contribution in [2.75, 3.05) is 26.8 Å². The average molecular weight is 520 g/mol. The van der Waals surface area contributed by atoms with E-state index in [9.17, 15) is 18.0 Å². The van der Waals surface area contributed by atoms with Crippen LogP contribution in [0.5, 0.6) is 5.75 Å². The van der Waals surface area contributed by atoms with Crippen LogP contribution in [-0.2, 0) is 22.9 Å². The SMILES string of the molecule is CN1CCCC1COc1ccc(C(F)(F)F)cc1C(=O)N=c1ccc(C(C)(C)C)cn1C[C@H]1CCCO1. The monoisotopic (exact) mass is 519 g/mol. The molecule has 0 bridgehead atoms. The van der Waals surface area contributed by atoms with Gasteiger partial charge in [-0.25, -0.2) is 0 Å². The molecule has 1 unspecified atom stereocenters. The van der Waals surface area contributed by atoms with E-state index in [1.54, 1.807) is 6.07 Å². The van der Waals surface area contributed by atoms with Gasteiger partial charge >= 0.3 is 6.18 Å². The molecule has 2 aliphatic rings.